The second-order valence-electron chi connectivity index (χ2n) is 5.83. The van der Waals surface area contributed by atoms with Crippen LogP contribution in [0.1, 0.15) is 27.2 Å². The van der Waals surface area contributed by atoms with Crippen LogP contribution in [0.3, 0.4) is 0 Å². The molecule has 1 aromatic heterocycles. The summed E-state index contributed by atoms with van der Waals surface area (Å²) in [5.74, 6) is -0.602. The van der Waals surface area contributed by atoms with Gasteiger partial charge in [0.1, 0.15) is 4.75 Å². The molecule has 130 valence electrons. The van der Waals surface area contributed by atoms with E-state index in [1.54, 1.807) is 24.4 Å². The number of hydrogen-bond donors (Lipinski definition) is 1. The zero-order valence-electron chi connectivity index (χ0n) is 13.7. The summed E-state index contributed by atoms with van der Waals surface area (Å²) >= 11 is 7.11. The number of benzene rings is 1. The Balaban J connectivity index is 2.17. The zero-order chi connectivity index (χ0) is 18.0. The number of anilines is 1. The quantitative estimate of drug-likeness (QED) is 0.813. The number of amides is 1. The number of nitrogens with one attached hydrogen (secondary N) is 1. The molecule has 0 aliphatic rings. The molecule has 2 rings (SSSR count). The number of carbonyl (C=O) groups excluding carboxylic acids is 1. The molecule has 2 aromatic rings. The second kappa shape index (κ2) is 7.21. The summed E-state index contributed by atoms with van der Waals surface area (Å²) in [6.07, 6.45) is 0.469. The van der Waals surface area contributed by atoms with Crippen LogP contribution in [0, 0.1) is 0 Å². The average molecular weight is 387 g/mol. The van der Waals surface area contributed by atoms with Crippen molar-refractivity contribution >= 4 is 43.8 Å². The maximum Gasteiger partial charge on any atom is 0.247 e. The molecule has 1 aromatic carbocycles. The average Bonchev–Trinajstić information content (AvgIpc) is 2.96. The highest BCUT2D eigenvalue weighted by molar-refractivity contribution is 7.93. The molecule has 0 atom stereocenters. The lowest BCUT2D eigenvalue weighted by Gasteiger charge is -2.22. The van der Waals surface area contributed by atoms with Gasteiger partial charge in [-0.1, -0.05) is 30.7 Å². The number of rotatable bonds is 6. The molecule has 0 unspecified atom stereocenters. The van der Waals surface area contributed by atoms with Crippen LogP contribution in [-0.2, 0) is 14.6 Å². The molecule has 0 fully saturated rings. The van der Waals surface area contributed by atoms with Gasteiger partial charge >= 0.3 is 0 Å². The van der Waals surface area contributed by atoms with Crippen molar-refractivity contribution in [3.8, 4) is 11.3 Å². The fourth-order valence-electron chi connectivity index (χ4n) is 2.00. The number of aromatic nitrogens is 1. The van der Waals surface area contributed by atoms with Crippen LogP contribution < -0.4 is 5.32 Å². The van der Waals surface area contributed by atoms with Crippen LogP contribution >= 0.6 is 22.9 Å². The third-order valence-electron chi connectivity index (χ3n) is 3.66. The normalized spacial score (nSPS) is 12.2. The number of thiazole rings is 1. The van der Waals surface area contributed by atoms with Crippen molar-refractivity contribution in [2.75, 3.05) is 11.1 Å². The zero-order valence-corrected chi connectivity index (χ0v) is 16.1. The van der Waals surface area contributed by atoms with Gasteiger partial charge in [0.05, 0.1) is 11.4 Å². The molecule has 0 spiro atoms. The first kappa shape index (κ1) is 18.9. The van der Waals surface area contributed by atoms with E-state index in [4.69, 9.17) is 11.6 Å². The number of sulfone groups is 1. The van der Waals surface area contributed by atoms with Gasteiger partial charge in [0.2, 0.25) is 5.91 Å². The molecule has 0 bridgehead atoms. The Morgan fingerprint density at radius 3 is 2.50 bits per heavy atom. The molecule has 5 nitrogen and oxygen atoms in total. The van der Waals surface area contributed by atoms with Crippen molar-refractivity contribution in [3.63, 3.8) is 0 Å². The number of nitrogens with zero attached hydrogens (tertiary/aromatic N) is 1. The Morgan fingerprint density at radius 2 is 1.92 bits per heavy atom. The summed E-state index contributed by atoms with van der Waals surface area (Å²) in [5, 5.41) is 5.40. The van der Waals surface area contributed by atoms with Crippen molar-refractivity contribution in [2.45, 2.75) is 31.9 Å². The summed E-state index contributed by atoms with van der Waals surface area (Å²) in [4.78, 5) is 16.7. The minimum atomic E-state index is -3.53. The fourth-order valence-corrected chi connectivity index (χ4v) is 4.22. The predicted molar refractivity (Wildman–Crippen MR) is 99.3 cm³/mol. The second-order valence-corrected chi connectivity index (χ2v) is 9.78. The third kappa shape index (κ3) is 3.96. The SMILES string of the molecule is CCCS(=O)(=O)C(C)(C)C(=O)Nc1nc(-c2ccc(Cl)cc2)cs1. The maximum atomic E-state index is 12.4. The lowest BCUT2D eigenvalue weighted by atomic mass is 10.2. The highest BCUT2D eigenvalue weighted by Gasteiger charge is 2.41. The van der Waals surface area contributed by atoms with E-state index in [2.05, 4.69) is 10.3 Å². The first-order valence-electron chi connectivity index (χ1n) is 7.42. The summed E-state index contributed by atoms with van der Waals surface area (Å²) < 4.78 is 23.0. The van der Waals surface area contributed by atoms with E-state index in [9.17, 15) is 13.2 Å². The summed E-state index contributed by atoms with van der Waals surface area (Å²) in [5.41, 5.74) is 1.57. The molecule has 0 aliphatic heterocycles. The predicted octanol–water partition coefficient (Wildman–Crippen LogP) is 4.01. The van der Waals surface area contributed by atoms with Crippen LogP contribution in [-0.4, -0.2) is 29.8 Å². The first-order chi connectivity index (χ1) is 11.2. The molecular weight excluding hydrogens is 368 g/mol. The number of hydrogen-bond acceptors (Lipinski definition) is 5. The first-order valence-corrected chi connectivity index (χ1v) is 10.3. The Kier molecular flexibility index (Phi) is 5.67. The molecule has 1 heterocycles. The molecule has 8 heteroatoms. The van der Waals surface area contributed by atoms with E-state index < -0.39 is 20.5 Å². The molecule has 1 N–H and O–H groups in total. The Labute approximate surface area is 151 Å². The van der Waals surface area contributed by atoms with Gasteiger partial charge in [-0.2, -0.15) is 0 Å². The standard InChI is InChI=1S/C16H19ClN2O3S2/c1-4-9-24(21,22)16(2,3)14(20)19-15-18-13(10-23-15)11-5-7-12(17)8-6-11/h5-8,10H,4,9H2,1-3H3,(H,18,19,20). The van der Waals surface area contributed by atoms with E-state index in [1.807, 2.05) is 12.1 Å². The fraction of sp³-hybridized carbons (Fsp3) is 0.375. The molecule has 0 saturated carbocycles. The van der Waals surface area contributed by atoms with Crippen molar-refractivity contribution in [1.82, 2.24) is 4.98 Å². The van der Waals surface area contributed by atoms with Gasteiger partial charge in [-0.3, -0.25) is 4.79 Å². The molecule has 0 saturated heterocycles. The third-order valence-corrected chi connectivity index (χ3v) is 7.36. The van der Waals surface area contributed by atoms with E-state index >= 15 is 0 Å². The highest BCUT2D eigenvalue weighted by Crippen LogP contribution is 2.27. The Morgan fingerprint density at radius 1 is 1.29 bits per heavy atom. The molecule has 24 heavy (non-hydrogen) atoms. The highest BCUT2D eigenvalue weighted by atomic mass is 35.5. The van der Waals surface area contributed by atoms with Gasteiger partial charge in [0.25, 0.3) is 0 Å². The van der Waals surface area contributed by atoms with Crippen molar-refractivity contribution in [3.05, 3.63) is 34.7 Å². The van der Waals surface area contributed by atoms with E-state index in [0.29, 0.717) is 22.3 Å². The minimum Gasteiger partial charge on any atom is -0.301 e. The van der Waals surface area contributed by atoms with Gasteiger partial charge in [0, 0.05) is 16.0 Å². The topological polar surface area (TPSA) is 76.1 Å². The lowest BCUT2D eigenvalue weighted by Crippen LogP contribution is -2.45. The number of carbonyl (C=O) groups is 1. The summed E-state index contributed by atoms with van der Waals surface area (Å²) in [6.45, 7) is 4.60. The van der Waals surface area contributed by atoms with Gasteiger partial charge in [-0.05, 0) is 32.4 Å². The molecule has 1 amide bonds. The largest absolute Gasteiger partial charge is 0.301 e. The van der Waals surface area contributed by atoms with Gasteiger partial charge in [0.15, 0.2) is 15.0 Å². The minimum absolute atomic E-state index is 0.0265. The van der Waals surface area contributed by atoms with E-state index in [0.717, 1.165) is 5.56 Å². The van der Waals surface area contributed by atoms with Crippen molar-refractivity contribution in [2.24, 2.45) is 0 Å². The van der Waals surface area contributed by atoms with E-state index in [-0.39, 0.29) is 5.75 Å². The van der Waals surface area contributed by atoms with Crippen molar-refractivity contribution < 1.29 is 13.2 Å². The smallest absolute Gasteiger partial charge is 0.247 e. The van der Waals surface area contributed by atoms with Crippen LogP contribution in [0.15, 0.2) is 29.6 Å². The van der Waals surface area contributed by atoms with Crippen LogP contribution in [0.2, 0.25) is 5.02 Å². The molecule has 0 aliphatic carbocycles. The molecular formula is C16H19ClN2O3S2. The van der Waals surface area contributed by atoms with Crippen LogP contribution in [0.4, 0.5) is 5.13 Å². The van der Waals surface area contributed by atoms with Crippen LogP contribution in [0.25, 0.3) is 11.3 Å². The van der Waals surface area contributed by atoms with Crippen LogP contribution in [0.5, 0.6) is 0 Å². The van der Waals surface area contributed by atoms with Gasteiger partial charge in [-0.25, -0.2) is 13.4 Å². The van der Waals surface area contributed by atoms with Crippen molar-refractivity contribution in [1.29, 1.82) is 0 Å². The van der Waals surface area contributed by atoms with E-state index in [1.165, 1.54) is 25.2 Å². The lowest BCUT2D eigenvalue weighted by molar-refractivity contribution is -0.117. The van der Waals surface area contributed by atoms with Gasteiger partial charge in [-0.15, -0.1) is 11.3 Å². The monoisotopic (exact) mass is 386 g/mol. The summed E-state index contributed by atoms with van der Waals surface area (Å²) in [7, 11) is -3.53. The maximum absolute atomic E-state index is 12.4. The number of halogens is 1. The van der Waals surface area contributed by atoms with Gasteiger partial charge < -0.3 is 5.32 Å². The Bertz CT molecular complexity index is 827. The molecule has 0 radical (unpaired) electrons. The Hall–Kier alpha value is -1.44. The summed E-state index contributed by atoms with van der Waals surface area (Å²) in [6, 6.07) is 7.18.